The molecule has 45 atom stereocenters. The summed E-state index contributed by atoms with van der Waals surface area (Å²) < 4.78 is 98.3. The van der Waals surface area contributed by atoms with E-state index in [-0.39, 0.29) is 0 Å². The van der Waals surface area contributed by atoms with Crippen LogP contribution in [0.5, 0.6) is 0 Å². The van der Waals surface area contributed by atoms with Gasteiger partial charge in [0.15, 0.2) is 56.6 Å². The molecule has 0 aromatic rings. The highest BCUT2D eigenvalue weighted by Gasteiger charge is 2.60. The summed E-state index contributed by atoms with van der Waals surface area (Å²) in [6.45, 7) is -7.63. The second kappa shape index (κ2) is 37.9. The average Bonchev–Trinajstić information content (AvgIpc) is 0.772. The zero-order chi connectivity index (χ0) is 77.9. The SMILES string of the molecule is CC(=O)N[C@@H]1[C@@H](O)[C@H](O[C@@H]2O[C@H](CO[C@H]3O[C@H](CO[C@H]4O[C@H](CO)[C@@H](O)[C@H](O)[C@@H]4O)[C@@H](O)[C@H](O[C@H]4O[C@H](CO)[C@@H](O)[C@H](O)[C@@H]4O)[C@@H]3O)[C@@H](O)[C@H](O[C@H]3O[C@H](CO)[C@@H](O)[C@H](O)[C@@H]3O[C@@H]3O[C@H](CO)[C@@H](O[C@@H]4O[C@H](CO)[C@H](O)[C@H](O[C@H]5O[C@H](CO)[C@H](O)[C@H](O)[C@H]5O)[C@H]4O)[C@H](O)[C@H]3NC(C)=O)[C@@H]2O)[C@@H](CO)O[C@H]1O. The average molecular weight is 1560 g/mol. The second-order valence-electron chi connectivity index (χ2n) is 26.7. The van der Waals surface area contributed by atoms with Crippen molar-refractivity contribution < 1.29 is 228 Å². The van der Waals surface area contributed by atoms with Gasteiger partial charge in [0, 0.05) is 13.8 Å². The van der Waals surface area contributed by atoms with Crippen molar-refractivity contribution in [3.05, 3.63) is 0 Å². The zero-order valence-corrected chi connectivity index (χ0v) is 56.2. The summed E-state index contributed by atoms with van der Waals surface area (Å²) in [5.74, 6) is -1.83. The van der Waals surface area contributed by atoms with Crippen LogP contribution < -0.4 is 10.6 Å². The van der Waals surface area contributed by atoms with Crippen molar-refractivity contribution in [3.8, 4) is 0 Å². The largest absolute Gasteiger partial charge is 0.394 e. The van der Waals surface area contributed by atoms with Crippen LogP contribution >= 0.6 is 0 Å². The molecule has 9 fully saturated rings. The van der Waals surface area contributed by atoms with Crippen LogP contribution in [0.15, 0.2) is 0 Å². The number of carbonyl (C=O) groups excluding carboxylic acids is 2. The number of carbonyl (C=O) groups is 2. The smallest absolute Gasteiger partial charge is 0.217 e. The molecule has 616 valence electrons. The van der Waals surface area contributed by atoms with Gasteiger partial charge in [-0.2, -0.15) is 0 Å². The minimum atomic E-state index is -2.50. The molecule has 9 saturated heterocycles. The van der Waals surface area contributed by atoms with E-state index in [0.29, 0.717) is 0 Å². The summed E-state index contributed by atoms with van der Waals surface area (Å²) in [7, 11) is 0. The second-order valence-corrected chi connectivity index (χ2v) is 26.7. The molecule has 29 N–H and O–H groups in total. The van der Waals surface area contributed by atoms with Gasteiger partial charge in [0.1, 0.15) is 220 Å². The van der Waals surface area contributed by atoms with Gasteiger partial charge in [-0.05, 0) is 0 Å². The molecular weight excluding hydrogens is 1460 g/mol. The maximum atomic E-state index is 13.0. The number of rotatable bonds is 27. The Bertz CT molecular complexity index is 2710. The van der Waals surface area contributed by atoms with Crippen molar-refractivity contribution >= 4 is 11.8 Å². The summed E-state index contributed by atoms with van der Waals surface area (Å²) in [6.07, 6.45) is -89.4. The van der Waals surface area contributed by atoms with Crippen LogP contribution in [0.4, 0.5) is 0 Å². The molecule has 9 rings (SSSR count). The Morgan fingerprint density at radius 2 is 0.509 bits per heavy atom. The Morgan fingerprint density at radius 1 is 0.245 bits per heavy atom. The Balaban J connectivity index is 1.01. The Hall–Kier alpha value is -2.82. The summed E-state index contributed by atoms with van der Waals surface area (Å²) in [4.78, 5) is 25.3. The van der Waals surface area contributed by atoms with Crippen LogP contribution in [0.3, 0.4) is 0 Å². The van der Waals surface area contributed by atoms with E-state index in [2.05, 4.69) is 10.6 Å². The van der Waals surface area contributed by atoms with Crippen molar-refractivity contribution in [2.75, 3.05) is 59.5 Å². The quantitative estimate of drug-likeness (QED) is 0.0363. The number of hydrogen-bond acceptors (Lipinski definition) is 46. The van der Waals surface area contributed by atoms with Crippen LogP contribution in [0.25, 0.3) is 0 Å². The third-order valence-electron chi connectivity index (χ3n) is 19.5. The fraction of sp³-hybridized carbons (Fsp3) is 0.966. The monoisotopic (exact) mass is 1560 g/mol. The maximum Gasteiger partial charge on any atom is 0.217 e. The lowest BCUT2D eigenvalue weighted by Gasteiger charge is -2.51. The maximum absolute atomic E-state index is 13.0. The molecule has 106 heavy (non-hydrogen) atoms. The normalized spacial score (nSPS) is 51.2. The lowest BCUT2D eigenvalue weighted by molar-refractivity contribution is -0.398. The van der Waals surface area contributed by atoms with E-state index in [1.54, 1.807) is 0 Å². The molecule has 0 aliphatic carbocycles. The zero-order valence-electron chi connectivity index (χ0n) is 56.2. The van der Waals surface area contributed by atoms with E-state index in [9.17, 15) is 147 Å². The minimum absolute atomic E-state index is 0.848. The van der Waals surface area contributed by atoms with E-state index in [0.717, 1.165) is 13.8 Å². The molecule has 0 radical (unpaired) electrons. The number of hydrogen-bond donors (Lipinski definition) is 29. The van der Waals surface area contributed by atoms with Crippen LogP contribution in [0.1, 0.15) is 13.8 Å². The van der Waals surface area contributed by atoms with Gasteiger partial charge in [0.05, 0.1) is 59.5 Å². The summed E-state index contributed by atoms with van der Waals surface area (Å²) >= 11 is 0. The van der Waals surface area contributed by atoms with Gasteiger partial charge in [-0.25, -0.2) is 0 Å². The molecule has 0 spiro atoms. The van der Waals surface area contributed by atoms with Gasteiger partial charge in [0.25, 0.3) is 0 Å². The van der Waals surface area contributed by atoms with Gasteiger partial charge in [-0.15, -0.1) is 0 Å². The fourth-order valence-electron chi connectivity index (χ4n) is 13.5. The topological polar surface area (TPSA) is 761 Å². The van der Waals surface area contributed by atoms with E-state index in [1.165, 1.54) is 0 Å². The van der Waals surface area contributed by atoms with E-state index in [4.69, 9.17) is 80.5 Å². The molecule has 48 heteroatoms. The van der Waals surface area contributed by atoms with Gasteiger partial charge in [-0.1, -0.05) is 0 Å². The van der Waals surface area contributed by atoms with Gasteiger partial charge in [0.2, 0.25) is 11.8 Å². The highest BCUT2D eigenvalue weighted by atomic mass is 16.8. The number of aliphatic hydroxyl groups is 27. The van der Waals surface area contributed by atoms with Crippen molar-refractivity contribution in [3.63, 3.8) is 0 Å². The highest BCUT2D eigenvalue weighted by molar-refractivity contribution is 5.73. The number of nitrogens with one attached hydrogen (secondary N) is 2. The molecule has 48 nitrogen and oxygen atoms in total. The van der Waals surface area contributed by atoms with Crippen molar-refractivity contribution in [1.29, 1.82) is 0 Å². The number of amides is 2. The third-order valence-corrected chi connectivity index (χ3v) is 19.5. The molecule has 0 bridgehead atoms. The Morgan fingerprint density at radius 3 is 0.925 bits per heavy atom. The first-order valence-electron chi connectivity index (χ1n) is 33.7. The fourth-order valence-corrected chi connectivity index (χ4v) is 13.5. The predicted molar refractivity (Wildman–Crippen MR) is 320 cm³/mol. The molecule has 9 heterocycles. The lowest BCUT2D eigenvalue weighted by atomic mass is 9.94. The molecule has 2 amide bonds. The predicted octanol–water partition coefficient (Wildman–Crippen LogP) is -20.3. The van der Waals surface area contributed by atoms with E-state index >= 15 is 0 Å². The lowest BCUT2D eigenvalue weighted by Crippen LogP contribution is -2.70. The number of ether oxygens (including phenoxy) is 17. The van der Waals surface area contributed by atoms with Gasteiger partial charge < -0.3 is 229 Å². The van der Waals surface area contributed by atoms with Crippen LogP contribution in [-0.4, -0.2) is 485 Å². The molecule has 0 aromatic heterocycles. The van der Waals surface area contributed by atoms with Gasteiger partial charge in [-0.3, -0.25) is 9.59 Å². The molecule has 0 unspecified atom stereocenters. The van der Waals surface area contributed by atoms with Crippen LogP contribution in [0.2, 0.25) is 0 Å². The third kappa shape index (κ3) is 18.7. The van der Waals surface area contributed by atoms with Crippen molar-refractivity contribution in [2.24, 2.45) is 0 Å². The summed E-state index contributed by atoms with van der Waals surface area (Å²) in [6, 6.07) is -3.77. The Labute approximate surface area is 598 Å². The van der Waals surface area contributed by atoms with Crippen molar-refractivity contribution in [1.82, 2.24) is 10.6 Å². The molecule has 9 aliphatic rings. The molecule has 0 saturated carbocycles. The standard InChI is InChI=1S/C58H98N2O46/c1-12(68)59-23-32(77)44(19(8-66)92-50(23)89)101-57-43(88)48(31(76)22(100-57)11-91-53-41(86)47(104-55-40(85)36(81)27(72)16(5-63)95-55)30(75)21(99-53)10-90-52-38(83)34(79)25(70)14(3-61)93-52)105-58-49(37(82)28(73)17(6-64)97-58)106-51-24(60-13(2)69)33(78)45(20(9-67)98-51)102-56-42(87)46(29(74)18(7-65)96-56)103-54-39(84)35(80)26(71)15(4-62)94-54/h14-58,61-67,70-89H,3-11H2,1-2H3,(H,59,68)(H,60,69)/t14-,15-,16-,17-,18-,19-,20-,21-,22-,23-,24-,25-,26+,27-,28-,29+,30-,31-,32-,33-,34+,35+,36+,37+,38+,39-,40+,41+,42-,43+,44-,45-,46+,47+,48+,49+,50-,51+,52+,53+,54-,55-,56+,57+,58-/m1/s1. The summed E-state index contributed by atoms with van der Waals surface area (Å²) in [5, 5.41) is 300. The minimum Gasteiger partial charge on any atom is -0.394 e. The first kappa shape index (κ1) is 87.2. The first-order chi connectivity index (χ1) is 50.2. The van der Waals surface area contributed by atoms with Crippen molar-refractivity contribution in [2.45, 2.75) is 290 Å². The number of aliphatic hydroxyl groups excluding tert-OH is 27. The van der Waals surface area contributed by atoms with E-state index in [1.807, 2.05) is 0 Å². The van der Waals surface area contributed by atoms with Gasteiger partial charge >= 0.3 is 0 Å². The van der Waals surface area contributed by atoms with Crippen LogP contribution in [0, 0.1) is 0 Å². The highest BCUT2D eigenvalue weighted by Crippen LogP contribution is 2.39. The molecule has 0 aromatic carbocycles. The molecular formula is C58H98N2O46. The molecule has 9 aliphatic heterocycles. The first-order valence-corrected chi connectivity index (χ1v) is 33.7. The van der Waals surface area contributed by atoms with Crippen LogP contribution in [-0.2, 0) is 90.1 Å². The summed E-state index contributed by atoms with van der Waals surface area (Å²) in [5.41, 5.74) is 0. The van der Waals surface area contributed by atoms with E-state index < -0.39 is 348 Å². The Kier molecular flexibility index (Phi) is 31.1.